The smallest absolute Gasteiger partial charge is 0.0240 e. The maximum atomic E-state index is 3.65. The van der Waals surface area contributed by atoms with Gasteiger partial charge in [0.2, 0.25) is 0 Å². The number of hydrogen-bond acceptors (Lipinski definition) is 0. The molecule has 0 aromatic heterocycles. The molecular formula is C4H7I+. The SMILES string of the molecule is [CH2]C([CH2+])(C)I. The molecule has 0 fully saturated rings. The highest BCUT2D eigenvalue weighted by Gasteiger charge is 2.09. The Morgan fingerprint density at radius 3 is 2.00 bits per heavy atom. The van der Waals surface area contributed by atoms with Gasteiger partial charge in [0, 0.05) is 6.92 Å². The first-order chi connectivity index (χ1) is 2.00. The Morgan fingerprint density at radius 2 is 2.00 bits per heavy atom. The van der Waals surface area contributed by atoms with E-state index in [-0.39, 0.29) is 3.42 Å². The van der Waals surface area contributed by atoms with E-state index in [0.717, 1.165) is 0 Å². The first-order valence-electron chi connectivity index (χ1n) is 1.40. The highest BCUT2D eigenvalue weighted by atomic mass is 127. The summed E-state index contributed by atoms with van der Waals surface area (Å²) in [4.78, 5) is 0. The fourth-order valence-electron chi connectivity index (χ4n) is 0. The summed E-state index contributed by atoms with van der Waals surface area (Å²) in [5, 5.41) is 0. The van der Waals surface area contributed by atoms with Crippen molar-refractivity contribution in [1.82, 2.24) is 0 Å². The van der Waals surface area contributed by atoms with Crippen LogP contribution in [0.2, 0.25) is 0 Å². The van der Waals surface area contributed by atoms with Crippen LogP contribution in [0.4, 0.5) is 0 Å². The Morgan fingerprint density at radius 1 is 2.00 bits per heavy atom. The number of alkyl halides is 1. The average Bonchev–Trinajstić information content (AvgIpc) is 0.722. The summed E-state index contributed by atoms with van der Waals surface area (Å²) in [5.41, 5.74) is 0. The molecule has 0 rings (SSSR count). The van der Waals surface area contributed by atoms with Crippen molar-refractivity contribution in [3.8, 4) is 0 Å². The second-order valence-electron chi connectivity index (χ2n) is 1.41. The van der Waals surface area contributed by atoms with E-state index >= 15 is 0 Å². The van der Waals surface area contributed by atoms with Crippen LogP contribution in [-0.2, 0) is 0 Å². The van der Waals surface area contributed by atoms with Crippen molar-refractivity contribution in [3.63, 3.8) is 0 Å². The Bertz CT molecular complexity index is 19.1. The van der Waals surface area contributed by atoms with E-state index in [1.807, 2.05) is 6.92 Å². The lowest BCUT2D eigenvalue weighted by Crippen LogP contribution is -1.99. The highest BCUT2D eigenvalue weighted by Crippen LogP contribution is 2.11. The van der Waals surface area contributed by atoms with Gasteiger partial charge in [-0.3, -0.25) is 0 Å². The topological polar surface area (TPSA) is 0 Å². The third kappa shape index (κ3) is 86.4. The maximum absolute atomic E-state index is 3.65. The van der Waals surface area contributed by atoms with Crippen molar-refractivity contribution in [2.45, 2.75) is 10.3 Å². The van der Waals surface area contributed by atoms with E-state index in [4.69, 9.17) is 0 Å². The number of halogens is 1. The molecule has 0 N–H and O–H groups in total. The van der Waals surface area contributed by atoms with Gasteiger partial charge in [0.05, 0.1) is 6.92 Å². The van der Waals surface area contributed by atoms with Gasteiger partial charge in [0.25, 0.3) is 0 Å². The molecule has 0 aromatic rings. The zero-order valence-corrected chi connectivity index (χ0v) is 5.45. The normalized spacial score (nSPS) is 11.8. The zero-order valence-electron chi connectivity index (χ0n) is 3.29. The predicted octanol–water partition coefficient (Wildman–Crippen LogP) is 1.85. The van der Waals surface area contributed by atoms with Crippen LogP contribution in [0.3, 0.4) is 0 Å². The van der Waals surface area contributed by atoms with Crippen LogP contribution in [0.25, 0.3) is 0 Å². The van der Waals surface area contributed by atoms with Crippen LogP contribution < -0.4 is 0 Å². The van der Waals surface area contributed by atoms with Crippen LogP contribution in [0, 0.1) is 13.8 Å². The zero-order chi connectivity index (χ0) is 4.50. The van der Waals surface area contributed by atoms with E-state index in [9.17, 15) is 0 Å². The van der Waals surface area contributed by atoms with Crippen molar-refractivity contribution in [1.29, 1.82) is 0 Å². The van der Waals surface area contributed by atoms with Gasteiger partial charge in [-0.2, -0.15) is 0 Å². The summed E-state index contributed by atoms with van der Waals surface area (Å²) in [5.74, 6) is 0. The largest absolute Gasteiger partial charge is 0.152 e. The van der Waals surface area contributed by atoms with Gasteiger partial charge in [0.1, 0.15) is 0 Å². The highest BCUT2D eigenvalue weighted by molar-refractivity contribution is 14.1. The number of hydrogen-bond donors (Lipinski definition) is 0. The molecule has 1 heteroatoms. The molecule has 0 aliphatic carbocycles. The van der Waals surface area contributed by atoms with E-state index < -0.39 is 0 Å². The van der Waals surface area contributed by atoms with E-state index in [0.29, 0.717) is 0 Å². The Labute approximate surface area is 47.1 Å². The third-order valence-electron chi connectivity index (χ3n) is 0. The van der Waals surface area contributed by atoms with Crippen LogP contribution in [0.5, 0.6) is 0 Å². The molecular weight excluding hydrogens is 175 g/mol. The molecule has 0 heterocycles. The summed E-state index contributed by atoms with van der Waals surface area (Å²) in [6, 6.07) is 0. The van der Waals surface area contributed by atoms with Crippen LogP contribution in [-0.4, -0.2) is 3.42 Å². The molecule has 0 aliphatic heterocycles. The first kappa shape index (κ1) is 5.60. The Hall–Kier alpha value is 0.600. The monoisotopic (exact) mass is 182 g/mol. The van der Waals surface area contributed by atoms with Gasteiger partial charge >= 0.3 is 0 Å². The van der Waals surface area contributed by atoms with Gasteiger partial charge in [0.15, 0.2) is 3.42 Å². The summed E-state index contributed by atoms with van der Waals surface area (Å²) in [7, 11) is 0. The van der Waals surface area contributed by atoms with Gasteiger partial charge in [-0.1, -0.05) is 0 Å². The standard InChI is InChI=1S/C4H7I/c1-4(2,3)5/h1-2H2,3H3/q+1. The van der Waals surface area contributed by atoms with E-state index in [2.05, 4.69) is 36.4 Å². The second kappa shape index (κ2) is 1.37. The molecule has 0 bridgehead atoms. The van der Waals surface area contributed by atoms with Gasteiger partial charge in [-0.25, -0.2) is 0 Å². The van der Waals surface area contributed by atoms with Gasteiger partial charge in [-0.15, -0.1) is 0 Å². The van der Waals surface area contributed by atoms with E-state index in [1.54, 1.807) is 0 Å². The van der Waals surface area contributed by atoms with Crippen molar-refractivity contribution in [2.75, 3.05) is 0 Å². The second-order valence-corrected chi connectivity index (χ2v) is 4.02. The molecule has 0 nitrogen and oxygen atoms in total. The van der Waals surface area contributed by atoms with Crippen LogP contribution >= 0.6 is 22.6 Å². The Kier molecular flexibility index (Phi) is 1.53. The average molecular weight is 182 g/mol. The molecule has 5 heavy (non-hydrogen) atoms. The van der Waals surface area contributed by atoms with Crippen LogP contribution in [0.1, 0.15) is 6.92 Å². The third-order valence-corrected chi connectivity index (χ3v) is 0. The minimum Gasteiger partial charge on any atom is -0.0240 e. The Balaban J connectivity index is 3.02. The summed E-state index contributed by atoms with van der Waals surface area (Å²) in [6.07, 6.45) is 0. The molecule has 0 amide bonds. The fraction of sp³-hybridized carbons (Fsp3) is 0.500. The minimum atomic E-state index is -0.0300. The molecule has 0 aromatic carbocycles. The predicted molar refractivity (Wildman–Crippen MR) is 33.1 cm³/mol. The minimum absolute atomic E-state index is 0.0300. The molecule has 0 aliphatic rings. The molecule has 0 unspecified atom stereocenters. The summed E-state index contributed by atoms with van der Waals surface area (Å²) in [6.45, 7) is 9.24. The lowest BCUT2D eigenvalue weighted by molar-refractivity contribution is 1.05. The molecule has 0 saturated heterocycles. The number of rotatable bonds is 0. The van der Waals surface area contributed by atoms with Crippen molar-refractivity contribution in [3.05, 3.63) is 13.8 Å². The molecule has 0 atom stereocenters. The van der Waals surface area contributed by atoms with Crippen molar-refractivity contribution >= 4 is 22.6 Å². The molecule has 0 spiro atoms. The van der Waals surface area contributed by atoms with Gasteiger partial charge < -0.3 is 0 Å². The van der Waals surface area contributed by atoms with Crippen molar-refractivity contribution < 1.29 is 0 Å². The maximum Gasteiger partial charge on any atom is 0.152 e. The quantitative estimate of drug-likeness (QED) is 0.304. The van der Waals surface area contributed by atoms with Gasteiger partial charge in [-0.05, 0) is 29.5 Å². The van der Waals surface area contributed by atoms with E-state index in [1.165, 1.54) is 0 Å². The summed E-state index contributed by atoms with van der Waals surface area (Å²) < 4.78 is -0.0300. The van der Waals surface area contributed by atoms with Crippen molar-refractivity contribution in [2.24, 2.45) is 0 Å². The lowest BCUT2D eigenvalue weighted by atomic mass is 10.3. The molecule has 1 radical (unpaired) electrons. The fourth-order valence-corrected chi connectivity index (χ4v) is 0. The lowest BCUT2D eigenvalue weighted by Gasteiger charge is -1.92. The summed E-state index contributed by atoms with van der Waals surface area (Å²) >= 11 is 2.16. The molecule has 29 valence electrons. The molecule has 0 saturated carbocycles. The van der Waals surface area contributed by atoms with Crippen LogP contribution in [0.15, 0.2) is 0 Å². The first-order valence-corrected chi connectivity index (χ1v) is 2.47.